The second-order valence-corrected chi connectivity index (χ2v) is 3.10. The smallest absolute Gasteiger partial charge is 0.220 e. The summed E-state index contributed by atoms with van der Waals surface area (Å²) in [5.41, 5.74) is 0. The second kappa shape index (κ2) is 7.80. The van der Waals surface area contributed by atoms with E-state index in [0.29, 0.717) is 19.4 Å². The summed E-state index contributed by atoms with van der Waals surface area (Å²) in [7, 11) is 0. The lowest BCUT2D eigenvalue weighted by molar-refractivity contribution is -0.121. The summed E-state index contributed by atoms with van der Waals surface area (Å²) in [6, 6.07) is 0. The van der Waals surface area contributed by atoms with Crippen molar-refractivity contribution in [2.45, 2.75) is 39.2 Å². The molecule has 0 spiro atoms. The Morgan fingerprint density at radius 2 is 2.31 bits per heavy atom. The van der Waals surface area contributed by atoms with Crippen LogP contribution < -0.4 is 5.32 Å². The van der Waals surface area contributed by atoms with E-state index >= 15 is 0 Å². The van der Waals surface area contributed by atoms with Gasteiger partial charge >= 0.3 is 0 Å². The van der Waals surface area contributed by atoms with Crippen LogP contribution in [0.15, 0.2) is 12.2 Å². The molecule has 2 N–H and O–H groups in total. The van der Waals surface area contributed by atoms with Crippen LogP contribution in [0.4, 0.5) is 0 Å². The van der Waals surface area contributed by atoms with E-state index in [9.17, 15) is 4.79 Å². The van der Waals surface area contributed by atoms with Crippen molar-refractivity contribution in [3.63, 3.8) is 0 Å². The molecule has 0 rings (SSSR count). The highest BCUT2D eigenvalue weighted by Gasteiger charge is 2.02. The Balaban J connectivity index is 3.30. The summed E-state index contributed by atoms with van der Waals surface area (Å²) in [4.78, 5) is 11.1. The Morgan fingerprint density at radius 3 is 2.85 bits per heavy atom. The number of allylic oxidation sites excluding steroid dienone is 1. The third-order valence-corrected chi connectivity index (χ3v) is 1.66. The third kappa shape index (κ3) is 9.08. The molecule has 3 nitrogen and oxygen atoms in total. The third-order valence-electron chi connectivity index (χ3n) is 1.66. The van der Waals surface area contributed by atoms with Crippen molar-refractivity contribution >= 4 is 5.91 Å². The molecule has 0 heterocycles. The standard InChI is InChI=1S/C10H19NO2/c1-3-4-5-8-11-10(13)7-6-9(2)12/h3-4,9,12H,5-8H2,1-2H3,(H,11,13)/b4-3+. The van der Waals surface area contributed by atoms with Crippen LogP contribution in [-0.2, 0) is 4.79 Å². The van der Waals surface area contributed by atoms with Crippen molar-refractivity contribution in [1.29, 1.82) is 0 Å². The topological polar surface area (TPSA) is 49.3 Å². The van der Waals surface area contributed by atoms with Crippen LogP contribution in [0.2, 0.25) is 0 Å². The first kappa shape index (κ1) is 12.2. The van der Waals surface area contributed by atoms with Crippen LogP contribution in [0, 0.1) is 0 Å². The van der Waals surface area contributed by atoms with Gasteiger partial charge in [-0.2, -0.15) is 0 Å². The van der Waals surface area contributed by atoms with Gasteiger partial charge in [0.15, 0.2) is 0 Å². The van der Waals surface area contributed by atoms with E-state index in [4.69, 9.17) is 5.11 Å². The molecule has 1 amide bonds. The van der Waals surface area contributed by atoms with Gasteiger partial charge in [0.2, 0.25) is 5.91 Å². The molecule has 0 aromatic rings. The number of hydrogen-bond acceptors (Lipinski definition) is 2. The molecule has 0 aromatic heterocycles. The van der Waals surface area contributed by atoms with Crippen LogP contribution in [0.3, 0.4) is 0 Å². The maximum absolute atomic E-state index is 11.1. The normalized spacial score (nSPS) is 13.2. The van der Waals surface area contributed by atoms with Gasteiger partial charge in [-0.1, -0.05) is 12.2 Å². The van der Waals surface area contributed by atoms with Crippen LogP contribution in [0.5, 0.6) is 0 Å². The molecule has 0 aliphatic heterocycles. The van der Waals surface area contributed by atoms with E-state index < -0.39 is 0 Å². The molecule has 13 heavy (non-hydrogen) atoms. The molecular formula is C10H19NO2. The molecule has 3 heteroatoms. The molecule has 76 valence electrons. The number of nitrogens with one attached hydrogen (secondary N) is 1. The lowest BCUT2D eigenvalue weighted by Crippen LogP contribution is -2.24. The quantitative estimate of drug-likeness (QED) is 0.483. The zero-order valence-electron chi connectivity index (χ0n) is 8.42. The summed E-state index contributed by atoms with van der Waals surface area (Å²) in [6.07, 6.45) is 5.40. The average Bonchev–Trinajstić information content (AvgIpc) is 2.09. The van der Waals surface area contributed by atoms with Crippen molar-refractivity contribution in [1.82, 2.24) is 5.32 Å². The van der Waals surface area contributed by atoms with Crippen LogP contribution >= 0.6 is 0 Å². The number of carbonyl (C=O) groups excluding carboxylic acids is 1. The van der Waals surface area contributed by atoms with Gasteiger partial charge in [-0.15, -0.1) is 0 Å². The molecule has 1 atom stereocenters. The summed E-state index contributed by atoms with van der Waals surface area (Å²) in [5.74, 6) is 0.0189. The maximum Gasteiger partial charge on any atom is 0.220 e. The Hall–Kier alpha value is -0.830. The van der Waals surface area contributed by atoms with E-state index in [-0.39, 0.29) is 12.0 Å². The van der Waals surface area contributed by atoms with Gasteiger partial charge in [0.1, 0.15) is 0 Å². The fourth-order valence-corrected chi connectivity index (χ4v) is 0.890. The summed E-state index contributed by atoms with van der Waals surface area (Å²) in [5, 5.41) is 11.7. The SMILES string of the molecule is C/C=C/CCNC(=O)CCC(C)O. The predicted octanol–water partition coefficient (Wildman–Crippen LogP) is 1.23. The zero-order chi connectivity index (χ0) is 10.1. The van der Waals surface area contributed by atoms with Gasteiger partial charge in [-0.25, -0.2) is 0 Å². The Kier molecular flexibility index (Phi) is 7.30. The lowest BCUT2D eigenvalue weighted by atomic mass is 10.2. The minimum absolute atomic E-state index is 0.0189. The highest BCUT2D eigenvalue weighted by molar-refractivity contribution is 5.75. The molecule has 0 fully saturated rings. The first-order chi connectivity index (χ1) is 6.16. The number of aliphatic hydroxyl groups is 1. The monoisotopic (exact) mass is 185 g/mol. The Bertz CT molecular complexity index is 164. The molecule has 0 aromatic carbocycles. The molecule has 0 aliphatic rings. The summed E-state index contributed by atoms with van der Waals surface area (Å²) >= 11 is 0. The first-order valence-corrected chi connectivity index (χ1v) is 4.72. The second-order valence-electron chi connectivity index (χ2n) is 3.10. The van der Waals surface area contributed by atoms with E-state index in [1.54, 1.807) is 6.92 Å². The highest BCUT2D eigenvalue weighted by Crippen LogP contribution is 1.94. The van der Waals surface area contributed by atoms with Crippen molar-refractivity contribution in [3.8, 4) is 0 Å². The average molecular weight is 185 g/mol. The van der Waals surface area contributed by atoms with E-state index in [0.717, 1.165) is 6.42 Å². The van der Waals surface area contributed by atoms with Crippen molar-refractivity contribution in [2.75, 3.05) is 6.54 Å². The Labute approximate surface area is 79.8 Å². The van der Waals surface area contributed by atoms with E-state index in [2.05, 4.69) is 5.32 Å². The van der Waals surface area contributed by atoms with E-state index in [1.807, 2.05) is 19.1 Å². The lowest BCUT2D eigenvalue weighted by Gasteiger charge is -2.04. The van der Waals surface area contributed by atoms with Gasteiger partial charge in [0.25, 0.3) is 0 Å². The molecule has 0 radical (unpaired) electrons. The van der Waals surface area contributed by atoms with Gasteiger partial charge in [-0.05, 0) is 26.7 Å². The zero-order valence-corrected chi connectivity index (χ0v) is 8.42. The molecule has 1 unspecified atom stereocenters. The largest absolute Gasteiger partial charge is 0.393 e. The molecule has 0 saturated carbocycles. The Morgan fingerprint density at radius 1 is 1.62 bits per heavy atom. The van der Waals surface area contributed by atoms with Crippen molar-refractivity contribution in [3.05, 3.63) is 12.2 Å². The van der Waals surface area contributed by atoms with Crippen LogP contribution in [-0.4, -0.2) is 23.7 Å². The summed E-state index contributed by atoms with van der Waals surface area (Å²) in [6.45, 7) is 4.32. The minimum atomic E-state index is -0.388. The molecule has 0 bridgehead atoms. The van der Waals surface area contributed by atoms with E-state index in [1.165, 1.54) is 0 Å². The maximum atomic E-state index is 11.1. The van der Waals surface area contributed by atoms with Crippen molar-refractivity contribution in [2.24, 2.45) is 0 Å². The number of hydrogen-bond donors (Lipinski definition) is 2. The van der Waals surface area contributed by atoms with Crippen LogP contribution in [0.1, 0.15) is 33.1 Å². The number of aliphatic hydroxyl groups excluding tert-OH is 1. The fourth-order valence-electron chi connectivity index (χ4n) is 0.890. The molecule has 0 aliphatic carbocycles. The first-order valence-electron chi connectivity index (χ1n) is 4.72. The predicted molar refractivity (Wildman–Crippen MR) is 53.4 cm³/mol. The summed E-state index contributed by atoms with van der Waals surface area (Å²) < 4.78 is 0. The van der Waals surface area contributed by atoms with Gasteiger partial charge in [0, 0.05) is 13.0 Å². The number of amides is 1. The highest BCUT2D eigenvalue weighted by atomic mass is 16.3. The van der Waals surface area contributed by atoms with Gasteiger partial charge in [0.05, 0.1) is 6.10 Å². The van der Waals surface area contributed by atoms with Gasteiger partial charge < -0.3 is 10.4 Å². The number of carbonyl (C=O) groups is 1. The molecule has 0 saturated heterocycles. The minimum Gasteiger partial charge on any atom is -0.393 e. The fraction of sp³-hybridized carbons (Fsp3) is 0.700. The number of rotatable bonds is 6. The van der Waals surface area contributed by atoms with Crippen LogP contribution in [0.25, 0.3) is 0 Å². The van der Waals surface area contributed by atoms with Gasteiger partial charge in [-0.3, -0.25) is 4.79 Å². The van der Waals surface area contributed by atoms with Crippen molar-refractivity contribution < 1.29 is 9.90 Å². The molecular weight excluding hydrogens is 166 g/mol.